The summed E-state index contributed by atoms with van der Waals surface area (Å²) in [5.74, 6) is 0. The van der Waals surface area contributed by atoms with Crippen molar-refractivity contribution in [1.82, 2.24) is 9.88 Å². The van der Waals surface area contributed by atoms with Crippen LogP contribution in [-0.2, 0) is 6.54 Å². The molecule has 0 aromatic carbocycles. The van der Waals surface area contributed by atoms with Crippen molar-refractivity contribution >= 4 is 0 Å². The van der Waals surface area contributed by atoms with Gasteiger partial charge in [-0.25, -0.2) is 0 Å². The lowest BCUT2D eigenvalue weighted by molar-refractivity contribution is 0.216. The van der Waals surface area contributed by atoms with E-state index in [1.54, 1.807) is 0 Å². The quantitative estimate of drug-likeness (QED) is 0.745. The molecule has 0 saturated carbocycles. The number of aryl methyl sites for hydroxylation is 1. The van der Waals surface area contributed by atoms with Gasteiger partial charge in [0.15, 0.2) is 0 Å². The van der Waals surface area contributed by atoms with Gasteiger partial charge in [-0.1, -0.05) is 6.07 Å². The molecule has 1 N–H and O–H groups in total. The zero-order chi connectivity index (χ0) is 9.68. The molecular weight excluding hydrogens is 164 g/mol. The topological polar surface area (TPSA) is 36.4 Å². The number of aliphatic hydroxyl groups is 1. The second kappa shape index (κ2) is 4.94. The molecule has 1 rings (SSSR count). The maximum atomic E-state index is 8.70. The van der Waals surface area contributed by atoms with Crippen LogP contribution in [0, 0.1) is 6.92 Å². The SMILES string of the molecule is Cc1ccc(CN(C)CCO)nc1. The Morgan fingerprint density at radius 1 is 1.46 bits per heavy atom. The third-order valence-electron chi connectivity index (χ3n) is 1.89. The van der Waals surface area contributed by atoms with Crippen LogP contribution >= 0.6 is 0 Å². The van der Waals surface area contributed by atoms with E-state index in [9.17, 15) is 0 Å². The van der Waals surface area contributed by atoms with Crippen LogP contribution in [0.2, 0.25) is 0 Å². The summed E-state index contributed by atoms with van der Waals surface area (Å²) in [6, 6.07) is 4.07. The third-order valence-corrected chi connectivity index (χ3v) is 1.89. The van der Waals surface area contributed by atoms with Gasteiger partial charge in [-0.05, 0) is 25.6 Å². The zero-order valence-corrected chi connectivity index (χ0v) is 8.20. The van der Waals surface area contributed by atoms with Gasteiger partial charge >= 0.3 is 0 Å². The van der Waals surface area contributed by atoms with Crippen LogP contribution in [0.15, 0.2) is 18.3 Å². The van der Waals surface area contributed by atoms with E-state index in [-0.39, 0.29) is 6.61 Å². The number of aromatic nitrogens is 1. The Morgan fingerprint density at radius 3 is 2.77 bits per heavy atom. The average Bonchev–Trinajstić information content (AvgIpc) is 2.09. The van der Waals surface area contributed by atoms with Crippen molar-refractivity contribution in [2.24, 2.45) is 0 Å². The van der Waals surface area contributed by atoms with Crippen molar-refractivity contribution < 1.29 is 5.11 Å². The average molecular weight is 180 g/mol. The summed E-state index contributed by atoms with van der Waals surface area (Å²) in [5, 5.41) is 8.70. The second-order valence-corrected chi connectivity index (χ2v) is 3.29. The lowest BCUT2D eigenvalue weighted by Gasteiger charge is -2.13. The molecule has 1 heterocycles. The first kappa shape index (κ1) is 10.2. The minimum atomic E-state index is 0.197. The summed E-state index contributed by atoms with van der Waals surface area (Å²) in [6.45, 7) is 3.70. The number of aliphatic hydroxyl groups excluding tert-OH is 1. The molecule has 0 aliphatic heterocycles. The van der Waals surface area contributed by atoms with Gasteiger partial charge in [0, 0.05) is 19.3 Å². The molecule has 0 amide bonds. The summed E-state index contributed by atoms with van der Waals surface area (Å²) in [7, 11) is 1.97. The summed E-state index contributed by atoms with van der Waals surface area (Å²) in [6.07, 6.45) is 1.86. The molecule has 1 aromatic rings. The number of nitrogens with zero attached hydrogens (tertiary/aromatic N) is 2. The van der Waals surface area contributed by atoms with Crippen molar-refractivity contribution in [3.05, 3.63) is 29.6 Å². The molecule has 0 aliphatic rings. The fourth-order valence-electron chi connectivity index (χ4n) is 1.12. The molecule has 0 radical (unpaired) electrons. The van der Waals surface area contributed by atoms with Gasteiger partial charge in [0.25, 0.3) is 0 Å². The van der Waals surface area contributed by atoms with Crippen LogP contribution < -0.4 is 0 Å². The summed E-state index contributed by atoms with van der Waals surface area (Å²) >= 11 is 0. The van der Waals surface area contributed by atoms with Crippen molar-refractivity contribution in [3.8, 4) is 0 Å². The standard InChI is InChI=1S/C10H16N2O/c1-9-3-4-10(11-7-9)8-12(2)5-6-13/h3-4,7,13H,5-6,8H2,1-2H3. The first-order chi connectivity index (χ1) is 6.22. The molecule has 0 saturated heterocycles. The van der Waals surface area contributed by atoms with E-state index in [1.165, 1.54) is 5.56 Å². The smallest absolute Gasteiger partial charge is 0.0558 e. The molecule has 13 heavy (non-hydrogen) atoms. The van der Waals surface area contributed by atoms with Crippen LogP contribution in [-0.4, -0.2) is 35.2 Å². The van der Waals surface area contributed by atoms with Gasteiger partial charge in [-0.15, -0.1) is 0 Å². The first-order valence-corrected chi connectivity index (χ1v) is 4.43. The number of hydrogen-bond donors (Lipinski definition) is 1. The van der Waals surface area contributed by atoms with Crippen LogP contribution in [0.4, 0.5) is 0 Å². The Labute approximate surface area is 79.0 Å². The fourth-order valence-corrected chi connectivity index (χ4v) is 1.12. The molecule has 0 aliphatic carbocycles. The number of pyridine rings is 1. The fraction of sp³-hybridized carbons (Fsp3) is 0.500. The molecule has 0 spiro atoms. The Bertz CT molecular complexity index is 246. The van der Waals surface area contributed by atoms with Gasteiger partial charge < -0.3 is 5.11 Å². The van der Waals surface area contributed by atoms with E-state index in [0.29, 0.717) is 6.54 Å². The summed E-state index contributed by atoms with van der Waals surface area (Å²) < 4.78 is 0. The molecule has 0 fully saturated rings. The van der Waals surface area contributed by atoms with Crippen molar-refractivity contribution in [2.45, 2.75) is 13.5 Å². The number of hydrogen-bond acceptors (Lipinski definition) is 3. The molecule has 0 atom stereocenters. The summed E-state index contributed by atoms with van der Waals surface area (Å²) in [5.41, 5.74) is 2.22. The first-order valence-electron chi connectivity index (χ1n) is 4.43. The Hall–Kier alpha value is -0.930. The van der Waals surface area contributed by atoms with E-state index in [2.05, 4.69) is 11.1 Å². The molecule has 1 aromatic heterocycles. The van der Waals surface area contributed by atoms with Crippen LogP contribution in [0.25, 0.3) is 0 Å². The molecule has 0 unspecified atom stereocenters. The maximum Gasteiger partial charge on any atom is 0.0558 e. The molecule has 3 nitrogen and oxygen atoms in total. The predicted octanol–water partition coefficient (Wildman–Crippen LogP) is 0.814. The van der Waals surface area contributed by atoms with Crippen LogP contribution in [0.5, 0.6) is 0 Å². The van der Waals surface area contributed by atoms with Gasteiger partial charge in [0.1, 0.15) is 0 Å². The minimum absolute atomic E-state index is 0.197. The Kier molecular flexibility index (Phi) is 3.86. The highest BCUT2D eigenvalue weighted by Crippen LogP contribution is 2.01. The minimum Gasteiger partial charge on any atom is -0.395 e. The third kappa shape index (κ3) is 3.53. The van der Waals surface area contributed by atoms with Crippen molar-refractivity contribution in [1.29, 1.82) is 0 Å². The van der Waals surface area contributed by atoms with Gasteiger partial charge in [0.2, 0.25) is 0 Å². The lowest BCUT2D eigenvalue weighted by atomic mass is 10.2. The Morgan fingerprint density at radius 2 is 2.23 bits per heavy atom. The van der Waals surface area contributed by atoms with Crippen LogP contribution in [0.1, 0.15) is 11.3 Å². The molecule has 3 heteroatoms. The molecule has 72 valence electrons. The van der Waals surface area contributed by atoms with Crippen molar-refractivity contribution in [3.63, 3.8) is 0 Å². The lowest BCUT2D eigenvalue weighted by Crippen LogP contribution is -2.21. The van der Waals surface area contributed by atoms with E-state index in [0.717, 1.165) is 12.2 Å². The summed E-state index contributed by atoms with van der Waals surface area (Å²) in [4.78, 5) is 6.32. The van der Waals surface area contributed by atoms with Crippen molar-refractivity contribution in [2.75, 3.05) is 20.2 Å². The molecular formula is C10H16N2O. The van der Waals surface area contributed by atoms with Gasteiger partial charge in [-0.3, -0.25) is 9.88 Å². The monoisotopic (exact) mass is 180 g/mol. The maximum absolute atomic E-state index is 8.70. The molecule has 0 bridgehead atoms. The van der Waals surface area contributed by atoms with Gasteiger partial charge in [0.05, 0.1) is 12.3 Å². The van der Waals surface area contributed by atoms with E-state index >= 15 is 0 Å². The highest BCUT2D eigenvalue weighted by Gasteiger charge is 1.99. The zero-order valence-electron chi connectivity index (χ0n) is 8.20. The van der Waals surface area contributed by atoms with Crippen LogP contribution in [0.3, 0.4) is 0 Å². The number of rotatable bonds is 4. The van der Waals surface area contributed by atoms with E-state index in [4.69, 9.17) is 5.11 Å². The number of likely N-dealkylation sites (N-methyl/N-ethyl adjacent to an activating group) is 1. The van der Waals surface area contributed by atoms with E-state index < -0.39 is 0 Å². The largest absolute Gasteiger partial charge is 0.395 e. The van der Waals surface area contributed by atoms with E-state index in [1.807, 2.05) is 31.1 Å². The normalized spacial score (nSPS) is 10.8. The highest BCUT2D eigenvalue weighted by molar-refractivity contribution is 5.11. The van der Waals surface area contributed by atoms with Gasteiger partial charge in [-0.2, -0.15) is 0 Å². The second-order valence-electron chi connectivity index (χ2n) is 3.29. The Balaban J connectivity index is 2.49. The highest BCUT2D eigenvalue weighted by atomic mass is 16.3. The predicted molar refractivity (Wildman–Crippen MR) is 52.4 cm³/mol.